The summed E-state index contributed by atoms with van der Waals surface area (Å²) in [6, 6.07) is 0. The predicted octanol–water partition coefficient (Wildman–Crippen LogP) is 2.48. The summed E-state index contributed by atoms with van der Waals surface area (Å²) in [5.41, 5.74) is 0.704. The second-order valence-electron chi connectivity index (χ2n) is 7.49. The molecule has 3 nitrogen and oxygen atoms in total. The van der Waals surface area contributed by atoms with Gasteiger partial charge in [-0.2, -0.15) is 0 Å². The Morgan fingerprint density at radius 3 is 1.90 bits per heavy atom. The number of rotatable bonds is 1. The molecule has 3 heteroatoms. The molecule has 0 radical (unpaired) electrons. The molecule has 0 amide bonds. The maximum atomic E-state index is 3.59. The van der Waals surface area contributed by atoms with E-state index in [1.54, 1.807) is 0 Å². The SMILES string of the molecule is C1CNCNCCCC(C2CCC3(CCNC3)CC2)C1. The first kappa shape index (κ1) is 14.8. The molecule has 2 heterocycles. The molecule has 3 N–H and O–H groups in total. The Labute approximate surface area is 124 Å². The zero-order chi connectivity index (χ0) is 13.7. The number of hydrogen-bond donors (Lipinski definition) is 3. The van der Waals surface area contributed by atoms with Gasteiger partial charge in [0.2, 0.25) is 0 Å². The van der Waals surface area contributed by atoms with Crippen molar-refractivity contribution in [2.45, 2.75) is 57.8 Å². The van der Waals surface area contributed by atoms with Gasteiger partial charge >= 0.3 is 0 Å². The van der Waals surface area contributed by atoms with Crippen LogP contribution in [0.3, 0.4) is 0 Å². The van der Waals surface area contributed by atoms with Crippen LogP contribution in [0.2, 0.25) is 0 Å². The Balaban J connectivity index is 1.49. The molecule has 3 aliphatic rings. The molecule has 20 heavy (non-hydrogen) atoms. The smallest absolute Gasteiger partial charge is 0.0454 e. The largest absolute Gasteiger partial charge is 0.316 e. The lowest BCUT2D eigenvalue weighted by molar-refractivity contribution is 0.122. The van der Waals surface area contributed by atoms with Gasteiger partial charge in [-0.3, -0.25) is 0 Å². The van der Waals surface area contributed by atoms with Crippen molar-refractivity contribution in [1.29, 1.82) is 0 Å². The molecule has 116 valence electrons. The summed E-state index contributed by atoms with van der Waals surface area (Å²) < 4.78 is 0. The van der Waals surface area contributed by atoms with E-state index in [0.717, 1.165) is 18.5 Å². The highest BCUT2D eigenvalue weighted by atomic mass is 15.0. The lowest BCUT2D eigenvalue weighted by atomic mass is 9.66. The van der Waals surface area contributed by atoms with Crippen molar-refractivity contribution in [3.05, 3.63) is 0 Å². The molecule has 1 aliphatic carbocycles. The molecule has 3 fully saturated rings. The molecular formula is C17H33N3. The third kappa shape index (κ3) is 3.75. The molecule has 0 aromatic heterocycles. The molecular weight excluding hydrogens is 246 g/mol. The number of hydrogen-bond acceptors (Lipinski definition) is 3. The third-order valence-corrected chi connectivity index (χ3v) is 6.20. The summed E-state index contributed by atoms with van der Waals surface area (Å²) >= 11 is 0. The summed E-state index contributed by atoms with van der Waals surface area (Å²) in [6.45, 7) is 5.97. The van der Waals surface area contributed by atoms with Crippen LogP contribution in [-0.2, 0) is 0 Å². The summed E-state index contributed by atoms with van der Waals surface area (Å²) in [5, 5.41) is 10.6. The molecule has 0 atom stereocenters. The summed E-state index contributed by atoms with van der Waals surface area (Å²) in [6.07, 6.45) is 13.1. The molecule has 1 saturated carbocycles. The van der Waals surface area contributed by atoms with Crippen LogP contribution in [0, 0.1) is 17.3 Å². The monoisotopic (exact) mass is 279 g/mol. The fraction of sp³-hybridized carbons (Fsp3) is 1.00. The maximum absolute atomic E-state index is 3.59. The molecule has 3 rings (SSSR count). The zero-order valence-electron chi connectivity index (χ0n) is 13.1. The Kier molecular flexibility index (Phi) is 5.36. The highest BCUT2D eigenvalue weighted by Crippen LogP contribution is 2.46. The first-order valence-corrected chi connectivity index (χ1v) is 9.00. The Morgan fingerprint density at radius 2 is 1.30 bits per heavy atom. The Hall–Kier alpha value is -0.120. The first-order valence-electron chi connectivity index (χ1n) is 9.00. The van der Waals surface area contributed by atoms with E-state index in [9.17, 15) is 0 Å². The van der Waals surface area contributed by atoms with E-state index < -0.39 is 0 Å². The van der Waals surface area contributed by atoms with Gasteiger partial charge < -0.3 is 16.0 Å². The summed E-state index contributed by atoms with van der Waals surface area (Å²) in [7, 11) is 0. The van der Waals surface area contributed by atoms with Gasteiger partial charge in [-0.15, -0.1) is 0 Å². The van der Waals surface area contributed by atoms with Crippen LogP contribution in [-0.4, -0.2) is 32.8 Å². The van der Waals surface area contributed by atoms with E-state index in [1.165, 1.54) is 84.0 Å². The fourth-order valence-electron chi connectivity index (χ4n) is 4.81. The average molecular weight is 279 g/mol. The van der Waals surface area contributed by atoms with Gasteiger partial charge in [-0.1, -0.05) is 0 Å². The van der Waals surface area contributed by atoms with E-state index in [-0.39, 0.29) is 0 Å². The van der Waals surface area contributed by atoms with Crippen molar-refractivity contribution in [3.63, 3.8) is 0 Å². The molecule has 1 spiro atoms. The standard InChI is InChI=1S/C17H33N3/c1-3-15(4-2-11-20-14-19-10-1)16-5-7-17(8-6-16)9-12-18-13-17/h15-16,18-20H,1-14H2. The fourth-order valence-corrected chi connectivity index (χ4v) is 4.81. The van der Waals surface area contributed by atoms with E-state index in [0.29, 0.717) is 5.41 Å². The van der Waals surface area contributed by atoms with Crippen molar-refractivity contribution in [3.8, 4) is 0 Å². The van der Waals surface area contributed by atoms with Gasteiger partial charge in [-0.25, -0.2) is 0 Å². The summed E-state index contributed by atoms with van der Waals surface area (Å²) in [5.74, 6) is 2.03. The van der Waals surface area contributed by atoms with Crippen LogP contribution in [0.4, 0.5) is 0 Å². The minimum Gasteiger partial charge on any atom is -0.316 e. The predicted molar refractivity (Wildman–Crippen MR) is 84.7 cm³/mol. The zero-order valence-corrected chi connectivity index (χ0v) is 13.1. The molecule has 0 bridgehead atoms. The van der Waals surface area contributed by atoms with Gasteiger partial charge in [0.05, 0.1) is 0 Å². The molecule has 0 aromatic rings. The topological polar surface area (TPSA) is 36.1 Å². The highest BCUT2D eigenvalue weighted by Gasteiger charge is 2.39. The van der Waals surface area contributed by atoms with E-state index in [1.807, 2.05) is 0 Å². The van der Waals surface area contributed by atoms with Crippen molar-refractivity contribution in [2.75, 3.05) is 32.8 Å². The second kappa shape index (κ2) is 7.24. The quantitative estimate of drug-likeness (QED) is 0.690. The van der Waals surface area contributed by atoms with Crippen LogP contribution in [0.1, 0.15) is 57.8 Å². The van der Waals surface area contributed by atoms with Crippen molar-refractivity contribution in [1.82, 2.24) is 16.0 Å². The average Bonchev–Trinajstić information content (AvgIpc) is 2.94. The number of nitrogens with one attached hydrogen (secondary N) is 3. The van der Waals surface area contributed by atoms with Gasteiger partial charge in [0.25, 0.3) is 0 Å². The van der Waals surface area contributed by atoms with E-state index in [2.05, 4.69) is 16.0 Å². The molecule has 0 aromatic carbocycles. The Bertz CT molecular complexity index is 266. The second-order valence-corrected chi connectivity index (χ2v) is 7.49. The van der Waals surface area contributed by atoms with Gasteiger partial charge in [-0.05, 0) is 94.7 Å². The van der Waals surface area contributed by atoms with Crippen molar-refractivity contribution in [2.24, 2.45) is 17.3 Å². The third-order valence-electron chi connectivity index (χ3n) is 6.20. The van der Waals surface area contributed by atoms with Gasteiger partial charge in [0.15, 0.2) is 0 Å². The minimum atomic E-state index is 0.704. The van der Waals surface area contributed by atoms with Crippen molar-refractivity contribution >= 4 is 0 Å². The normalized spacial score (nSPS) is 38.1. The Morgan fingerprint density at radius 1 is 0.650 bits per heavy atom. The maximum Gasteiger partial charge on any atom is 0.0454 e. The van der Waals surface area contributed by atoms with E-state index >= 15 is 0 Å². The molecule has 2 saturated heterocycles. The first-order chi connectivity index (χ1) is 9.88. The molecule has 2 aliphatic heterocycles. The lowest BCUT2D eigenvalue weighted by Crippen LogP contribution is -2.34. The lowest BCUT2D eigenvalue weighted by Gasteiger charge is -2.40. The van der Waals surface area contributed by atoms with Crippen LogP contribution in [0.25, 0.3) is 0 Å². The summed E-state index contributed by atoms with van der Waals surface area (Å²) in [4.78, 5) is 0. The van der Waals surface area contributed by atoms with Crippen molar-refractivity contribution < 1.29 is 0 Å². The minimum absolute atomic E-state index is 0.704. The highest BCUT2D eigenvalue weighted by molar-refractivity contribution is 4.93. The van der Waals surface area contributed by atoms with Crippen LogP contribution in [0.5, 0.6) is 0 Å². The van der Waals surface area contributed by atoms with E-state index in [4.69, 9.17) is 0 Å². The van der Waals surface area contributed by atoms with Crippen LogP contribution < -0.4 is 16.0 Å². The van der Waals surface area contributed by atoms with Gasteiger partial charge in [0, 0.05) is 13.2 Å². The van der Waals surface area contributed by atoms with Crippen LogP contribution in [0.15, 0.2) is 0 Å². The van der Waals surface area contributed by atoms with Gasteiger partial charge in [0.1, 0.15) is 0 Å². The van der Waals surface area contributed by atoms with Crippen LogP contribution >= 0.6 is 0 Å². The molecule has 0 unspecified atom stereocenters.